The van der Waals surface area contributed by atoms with Gasteiger partial charge in [-0.25, -0.2) is 4.52 Å². The van der Waals surface area contributed by atoms with Crippen molar-refractivity contribution in [2.24, 2.45) is 0 Å². The molecule has 0 aliphatic carbocycles. The Balaban J connectivity index is 1.92. The zero-order valence-electron chi connectivity index (χ0n) is 9.75. The van der Waals surface area contributed by atoms with Crippen molar-refractivity contribution in [1.29, 1.82) is 0 Å². The van der Waals surface area contributed by atoms with Gasteiger partial charge >= 0.3 is 0 Å². The maximum absolute atomic E-state index is 12.2. The van der Waals surface area contributed by atoms with E-state index in [1.165, 1.54) is 6.20 Å². The Labute approximate surface area is 117 Å². The van der Waals surface area contributed by atoms with Crippen molar-refractivity contribution in [3.05, 3.63) is 59.1 Å². The summed E-state index contributed by atoms with van der Waals surface area (Å²) in [6, 6.07) is 7.42. The van der Waals surface area contributed by atoms with Gasteiger partial charge in [0.2, 0.25) is 0 Å². The van der Waals surface area contributed by atoms with Gasteiger partial charge in [-0.15, -0.1) is 0 Å². The van der Waals surface area contributed by atoms with Gasteiger partial charge < -0.3 is 5.32 Å². The summed E-state index contributed by atoms with van der Waals surface area (Å²) in [4.78, 5) is 16.2. The van der Waals surface area contributed by atoms with Crippen LogP contribution in [0.25, 0.3) is 5.52 Å². The average Bonchev–Trinajstić information content (AvgIpc) is 2.82. The highest BCUT2D eigenvalue weighted by molar-refractivity contribution is 9.10. The van der Waals surface area contributed by atoms with E-state index in [1.807, 2.05) is 24.3 Å². The summed E-state index contributed by atoms with van der Waals surface area (Å²) in [5.74, 6) is -0.207. The maximum atomic E-state index is 12.2. The van der Waals surface area contributed by atoms with Crippen LogP contribution in [-0.2, 0) is 0 Å². The predicted molar refractivity (Wildman–Crippen MR) is 75.1 cm³/mol. The monoisotopic (exact) mass is 316 g/mol. The molecular formula is C13H9BrN4O. The average molecular weight is 317 g/mol. The number of nitrogens with zero attached hydrogens (tertiary/aromatic N) is 3. The smallest absolute Gasteiger partial charge is 0.259 e. The van der Waals surface area contributed by atoms with Gasteiger partial charge in [0.25, 0.3) is 5.91 Å². The molecule has 0 aliphatic heterocycles. The van der Waals surface area contributed by atoms with Crippen LogP contribution in [0.3, 0.4) is 0 Å². The molecule has 0 saturated carbocycles. The molecular weight excluding hydrogens is 308 g/mol. The second-order valence-corrected chi connectivity index (χ2v) is 4.84. The van der Waals surface area contributed by atoms with Crippen LogP contribution in [0.5, 0.6) is 0 Å². The zero-order valence-corrected chi connectivity index (χ0v) is 11.3. The minimum atomic E-state index is -0.207. The Bertz CT molecular complexity index is 753. The summed E-state index contributed by atoms with van der Waals surface area (Å²) in [5.41, 5.74) is 1.89. The third-order valence-corrected chi connectivity index (χ3v) is 3.15. The van der Waals surface area contributed by atoms with Gasteiger partial charge in [0.05, 0.1) is 23.5 Å². The van der Waals surface area contributed by atoms with E-state index in [4.69, 9.17) is 0 Å². The molecule has 0 unspecified atom stereocenters. The number of halogens is 1. The largest absolute Gasteiger partial charge is 0.322 e. The van der Waals surface area contributed by atoms with E-state index in [0.717, 1.165) is 10.2 Å². The number of carbonyl (C=O) groups is 1. The summed E-state index contributed by atoms with van der Waals surface area (Å²) in [6.07, 6.45) is 6.47. The second-order valence-electron chi connectivity index (χ2n) is 3.93. The lowest BCUT2D eigenvalue weighted by molar-refractivity contribution is 0.102. The molecule has 2 aromatic heterocycles. The Hall–Kier alpha value is -2.21. The number of aromatic nitrogens is 3. The van der Waals surface area contributed by atoms with Crippen molar-refractivity contribution < 1.29 is 4.79 Å². The summed E-state index contributed by atoms with van der Waals surface area (Å²) in [5, 5.41) is 6.93. The van der Waals surface area contributed by atoms with Gasteiger partial charge in [-0.1, -0.05) is 22.0 Å². The van der Waals surface area contributed by atoms with E-state index in [0.29, 0.717) is 11.1 Å². The first-order chi connectivity index (χ1) is 9.24. The molecule has 2 heterocycles. The lowest BCUT2D eigenvalue weighted by Gasteiger charge is -2.04. The molecule has 0 saturated heterocycles. The number of benzene rings is 1. The molecule has 19 heavy (non-hydrogen) atoms. The van der Waals surface area contributed by atoms with Crippen molar-refractivity contribution in [3.63, 3.8) is 0 Å². The van der Waals surface area contributed by atoms with Crippen LogP contribution in [0.2, 0.25) is 0 Å². The Morgan fingerprint density at radius 2 is 2.21 bits per heavy atom. The fourth-order valence-corrected chi connectivity index (χ4v) is 2.17. The lowest BCUT2D eigenvalue weighted by atomic mass is 10.2. The van der Waals surface area contributed by atoms with E-state index >= 15 is 0 Å². The highest BCUT2D eigenvalue weighted by Gasteiger charge is 2.12. The fourth-order valence-electron chi connectivity index (χ4n) is 1.77. The van der Waals surface area contributed by atoms with Gasteiger partial charge in [-0.2, -0.15) is 5.10 Å². The van der Waals surface area contributed by atoms with Gasteiger partial charge in [0.1, 0.15) is 0 Å². The summed E-state index contributed by atoms with van der Waals surface area (Å²) in [7, 11) is 0. The molecule has 0 atom stereocenters. The molecule has 5 nitrogen and oxygen atoms in total. The maximum Gasteiger partial charge on any atom is 0.259 e. The molecule has 0 spiro atoms. The minimum absolute atomic E-state index is 0.207. The molecule has 3 aromatic rings. The van der Waals surface area contributed by atoms with Crippen LogP contribution in [0, 0.1) is 0 Å². The van der Waals surface area contributed by atoms with Crippen LogP contribution < -0.4 is 5.32 Å². The van der Waals surface area contributed by atoms with Crippen molar-refractivity contribution in [3.8, 4) is 0 Å². The zero-order chi connectivity index (χ0) is 13.2. The van der Waals surface area contributed by atoms with Crippen LogP contribution in [0.1, 0.15) is 10.4 Å². The molecule has 0 aliphatic rings. The van der Waals surface area contributed by atoms with E-state index in [2.05, 4.69) is 31.3 Å². The number of amides is 1. The van der Waals surface area contributed by atoms with Gasteiger partial charge in [0, 0.05) is 22.6 Å². The molecule has 94 valence electrons. The topological polar surface area (TPSA) is 59.3 Å². The third kappa shape index (κ3) is 2.34. The number of fused-ring (bicyclic) bond motifs is 1. The van der Waals surface area contributed by atoms with Gasteiger partial charge in [-0.05, 0) is 18.2 Å². The number of hydrogen-bond donors (Lipinski definition) is 1. The molecule has 1 aromatic carbocycles. The number of carbonyl (C=O) groups excluding carboxylic acids is 1. The second kappa shape index (κ2) is 4.81. The van der Waals surface area contributed by atoms with Crippen molar-refractivity contribution in [2.75, 3.05) is 5.32 Å². The molecule has 3 rings (SSSR count). The molecule has 0 bridgehead atoms. The number of rotatable bonds is 2. The fraction of sp³-hybridized carbons (Fsp3) is 0. The van der Waals surface area contributed by atoms with Crippen LogP contribution >= 0.6 is 15.9 Å². The Kier molecular flexibility index (Phi) is 3.00. The summed E-state index contributed by atoms with van der Waals surface area (Å²) in [6.45, 7) is 0. The van der Waals surface area contributed by atoms with Crippen LogP contribution in [0.15, 0.2) is 53.5 Å². The van der Waals surface area contributed by atoms with Crippen LogP contribution in [-0.4, -0.2) is 20.5 Å². The first-order valence-electron chi connectivity index (χ1n) is 5.58. The molecule has 1 N–H and O–H groups in total. The first-order valence-corrected chi connectivity index (χ1v) is 6.37. The first kappa shape index (κ1) is 11.9. The SMILES string of the molecule is O=C(Nc1cccc(Br)c1)c1cnn2ccncc12. The van der Waals surface area contributed by atoms with E-state index in [-0.39, 0.29) is 5.91 Å². The summed E-state index contributed by atoms with van der Waals surface area (Å²) >= 11 is 3.36. The highest BCUT2D eigenvalue weighted by atomic mass is 79.9. The highest BCUT2D eigenvalue weighted by Crippen LogP contribution is 2.17. The Morgan fingerprint density at radius 3 is 3.05 bits per heavy atom. The molecule has 6 heteroatoms. The molecule has 1 amide bonds. The third-order valence-electron chi connectivity index (χ3n) is 2.65. The lowest BCUT2D eigenvalue weighted by Crippen LogP contribution is -2.11. The van der Waals surface area contributed by atoms with Crippen molar-refractivity contribution in [1.82, 2.24) is 14.6 Å². The number of hydrogen-bond acceptors (Lipinski definition) is 3. The van der Waals surface area contributed by atoms with Crippen molar-refractivity contribution >= 4 is 33.0 Å². The molecule has 0 radical (unpaired) electrons. The van der Waals surface area contributed by atoms with E-state index in [1.54, 1.807) is 23.1 Å². The standard InChI is InChI=1S/C13H9BrN4O/c14-9-2-1-3-10(6-9)17-13(19)11-7-16-18-5-4-15-8-12(11)18/h1-8H,(H,17,19). The predicted octanol–water partition coefficient (Wildman–Crippen LogP) is 2.74. The van der Waals surface area contributed by atoms with Gasteiger partial charge in [-0.3, -0.25) is 9.78 Å². The summed E-state index contributed by atoms with van der Waals surface area (Å²) < 4.78 is 2.52. The Morgan fingerprint density at radius 1 is 1.32 bits per heavy atom. The minimum Gasteiger partial charge on any atom is -0.322 e. The van der Waals surface area contributed by atoms with E-state index in [9.17, 15) is 4.79 Å². The van der Waals surface area contributed by atoms with Crippen LogP contribution in [0.4, 0.5) is 5.69 Å². The van der Waals surface area contributed by atoms with Gasteiger partial charge in [0.15, 0.2) is 0 Å². The van der Waals surface area contributed by atoms with Crippen molar-refractivity contribution in [2.45, 2.75) is 0 Å². The number of anilines is 1. The normalized spacial score (nSPS) is 10.6. The molecule has 0 fully saturated rings. The number of nitrogens with one attached hydrogen (secondary N) is 1. The van der Waals surface area contributed by atoms with E-state index < -0.39 is 0 Å². The quantitative estimate of drug-likeness (QED) is 0.790.